The fraction of sp³-hybridized carbons (Fsp3) is 0.636. The van der Waals surface area contributed by atoms with Crippen molar-refractivity contribution in [3.63, 3.8) is 0 Å². The number of aromatic nitrogens is 2. The number of nitrogen functional groups attached to an aromatic ring is 1. The van der Waals surface area contributed by atoms with Gasteiger partial charge in [-0.05, 0) is 25.8 Å². The van der Waals surface area contributed by atoms with Gasteiger partial charge < -0.3 is 4.90 Å². The number of nitrogens with two attached hydrogens (primary N) is 1. The molecule has 0 amide bonds. The van der Waals surface area contributed by atoms with Crippen molar-refractivity contribution in [3.05, 3.63) is 12.3 Å². The van der Waals surface area contributed by atoms with Crippen molar-refractivity contribution < 1.29 is 0 Å². The highest BCUT2D eigenvalue weighted by atomic mass is 15.3. The Morgan fingerprint density at radius 2 is 2.25 bits per heavy atom. The van der Waals surface area contributed by atoms with Gasteiger partial charge in [0.25, 0.3) is 0 Å². The SMILES string of the molecule is CCN(c1ccnc(NN)n1)C1CCCC1. The van der Waals surface area contributed by atoms with E-state index in [-0.39, 0.29) is 0 Å². The molecule has 1 aromatic heterocycles. The van der Waals surface area contributed by atoms with E-state index < -0.39 is 0 Å². The Bertz CT molecular complexity index is 335. The lowest BCUT2D eigenvalue weighted by atomic mass is 10.2. The van der Waals surface area contributed by atoms with Crippen LogP contribution in [0.25, 0.3) is 0 Å². The van der Waals surface area contributed by atoms with Crippen molar-refractivity contribution in [2.45, 2.75) is 38.6 Å². The molecule has 0 aromatic carbocycles. The van der Waals surface area contributed by atoms with Crippen LogP contribution in [0.2, 0.25) is 0 Å². The molecule has 3 N–H and O–H groups in total. The van der Waals surface area contributed by atoms with Crippen LogP contribution >= 0.6 is 0 Å². The number of anilines is 2. The van der Waals surface area contributed by atoms with Gasteiger partial charge in [0.05, 0.1) is 0 Å². The zero-order chi connectivity index (χ0) is 11.4. The van der Waals surface area contributed by atoms with Crippen LogP contribution in [0.4, 0.5) is 11.8 Å². The van der Waals surface area contributed by atoms with Crippen LogP contribution in [-0.4, -0.2) is 22.6 Å². The third-order valence-corrected chi connectivity index (χ3v) is 3.17. The van der Waals surface area contributed by atoms with Gasteiger partial charge in [0, 0.05) is 18.8 Å². The molecule has 1 aliphatic carbocycles. The van der Waals surface area contributed by atoms with Crippen LogP contribution in [0.5, 0.6) is 0 Å². The van der Waals surface area contributed by atoms with Crippen molar-refractivity contribution in [2.24, 2.45) is 5.84 Å². The van der Waals surface area contributed by atoms with E-state index in [1.165, 1.54) is 25.7 Å². The molecule has 5 heteroatoms. The predicted octanol–water partition coefficient (Wildman–Crippen LogP) is 1.53. The number of rotatable bonds is 4. The Balaban J connectivity index is 2.18. The van der Waals surface area contributed by atoms with Crippen molar-refractivity contribution in [3.8, 4) is 0 Å². The van der Waals surface area contributed by atoms with Crippen LogP contribution in [0.1, 0.15) is 32.6 Å². The first-order valence-corrected chi connectivity index (χ1v) is 5.91. The first kappa shape index (κ1) is 11.1. The second-order valence-corrected chi connectivity index (χ2v) is 4.11. The second-order valence-electron chi connectivity index (χ2n) is 4.11. The van der Waals surface area contributed by atoms with Gasteiger partial charge in [-0.3, -0.25) is 5.43 Å². The first-order chi connectivity index (χ1) is 7.85. The lowest BCUT2D eigenvalue weighted by molar-refractivity contribution is 0.613. The smallest absolute Gasteiger partial charge is 0.239 e. The molecule has 1 heterocycles. The van der Waals surface area contributed by atoms with Crippen molar-refractivity contribution in [2.75, 3.05) is 16.9 Å². The molecule has 1 aromatic rings. The van der Waals surface area contributed by atoms with Crippen LogP contribution in [0.15, 0.2) is 12.3 Å². The Labute approximate surface area is 96.0 Å². The molecule has 0 bridgehead atoms. The van der Waals surface area contributed by atoms with E-state index in [0.29, 0.717) is 12.0 Å². The van der Waals surface area contributed by atoms with Gasteiger partial charge in [-0.2, -0.15) is 4.98 Å². The van der Waals surface area contributed by atoms with Gasteiger partial charge in [0.15, 0.2) is 0 Å². The van der Waals surface area contributed by atoms with Gasteiger partial charge in [0.2, 0.25) is 5.95 Å². The summed E-state index contributed by atoms with van der Waals surface area (Å²) in [6.45, 7) is 3.14. The monoisotopic (exact) mass is 221 g/mol. The summed E-state index contributed by atoms with van der Waals surface area (Å²) in [7, 11) is 0. The third kappa shape index (κ3) is 2.24. The molecule has 0 spiro atoms. The quantitative estimate of drug-likeness (QED) is 0.596. The molecule has 0 unspecified atom stereocenters. The van der Waals surface area contributed by atoms with Gasteiger partial charge in [0.1, 0.15) is 5.82 Å². The number of hydrogen-bond acceptors (Lipinski definition) is 5. The summed E-state index contributed by atoms with van der Waals surface area (Å²) in [5.74, 6) is 6.77. The lowest BCUT2D eigenvalue weighted by Crippen LogP contribution is -2.33. The molecule has 2 rings (SSSR count). The number of hydrogen-bond donors (Lipinski definition) is 2. The van der Waals surface area contributed by atoms with E-state index in [0.717, 1.165) is 12.4 Å². The first-order valence-electron chi connectivity index (χ1n) is 5.91. The highest BCUT2D eigenvalue weighted by Crippen LogP contribution is 2.26. The molecule has 0 radical (unpaired) electrons. The van der Waals surface area contributed by atoms with E-state index in [1.807, 2.05) is 6.07 Å². The van der Waals surface area contributed by atoms with Crippen molar-refractivity contribution in [1.29, 1.82) is 0 Å². The summed E-state index contributed by atoms with van der Waals surface area (Å²) in [6, 6.07) is 2.58. The van der Waals surface area contributed by atoms with E-state index in [9.17, 15) is 0 Å². The van der Waals surface area contributed by atoms with Gasteiger partial charge in [-0.15, -0.1) is 0 Å². The molecule has 0 saturated heterocycles. The molecule has 88 valence electrons. The van der Waals surface area contributed by atoms with E-state index in [1.54, 1.807) is 6.20 Å². The summed E-state index contributed by atoms with van der Waals surface area (Å²) in [5.41, 5.74) is 2.49. The summed E-state index contributed by atoms with van der Waals surface area (Å²) in [4.78, 5) is 10.8. The molecule has 1 fully saturated rings. The Morgan fingerprint density at radius 3 is 2.88 bits per heavy atom. The van der Waals surface area contributed by atoms with Crippen molar-refractivity contribution in [1.82, 2.24) is 9.97 Å². The molecule has 0 atom stereocenters. The highest BCUT2D eigenvalue weighted by Gasteiger charge is 2.22. The third-order valence-electron chi connectivity index (χ3n) is 3.17. The molecule has 0 aliphatic heterocycles. The van der Waals surface area contributed by atoms with E-state index in [2.05, 4.69) is 27.2 Å². The fourth-order valence-corrected chi connectivity index (χ4v) is 2.40. The molecular formula is C11H19N5. The van der Waals surface area contributed by atoms with Crippen LogP contribution in [0, 0.1) is 0 Å². The summed E-state index contributed by atoms with van der Waals surface area (Å²) in [5, 5.41) is 0. The predicted molar refractivity (Wildman–Crippen MR) is 65.1 cm³/mol. The lowest BCUT2D eigenvalue weighted by Gasteiger charge is -2.28. The Hall–Kier alpha value is -1.36. The highest BCUT2D eigenvalue weighted by molar-refractivity contribution is 5.43. The summed E-state index contributed by atoms with van der Waals surface area (Å²) < 4.78 is 0. The minimum Gasteiger partial charge on any atom is -0.354 e. The summed E-state index contributed by atoms with van der Waals surface area (Å²) >= 11 is 0. The fourth-order valence-electron chi connectivity index (χ4n) is 2.40. The van der Waals surface area contributed by atoms with Crippen LogP contribution < -0.4 is 16.2 Å². The number of hydrazine groups is 1. The molecule has 1 aliphatic rings. The minimum absolute atomic E-state index is 0.481. The van der Waals surface area contributed by atoms with Crippen LogP contribution in [0.3, 0.4) is 0 Å². The maximum Gasteiger partial charge on any atom is 0.239 e. The Kier molecular flexibility index (Phi) is 3.56. The topological polar surface area (TPSA) is 67.1 Å². The van der Waals surface area contributed by atoms with Gasteiger partial charge in [-0.25, -0.2) is 10.8 Å². The molecule has 5 nitrogen and oxygen atoms in total. The Morgan fingerprint density at radius 1 is 1.50 bits per heavy atom. The average Bonchev–Trinajstić information content (AvgIpc) is 2.84. The minimum atomic E-state index is 0.481. The largest absolute Gasteiger partial charge is 0.354 e. The zero-order valence-corrected chi connectivity index (χ0v) is 9.69. The molecule has 1 saturated carbocycles. The van der Waals surface area contributed by atoms with Gasteiger partial charge in [-0.1, -0.05) is 12.8 Å². The maximum atomic E-state index is 5.32. The van der Waals surface area contributed by atoms with E-state index >= 15 is 0 Å². The standard InChI is InChI=1S/C11H19N5/c1-2-16(9-5-3-4-6-9)10-7-8-13-11(14-10)15-12/h7-9H,2-6,12H2,1H3,(H,13,14,15). The van der Waals surface area contributed by atoms with Crippen molar-refractivity contribution >= 4 is 11.8 Å². The van der Waals surface area contributed by atoms with Gasteiger partial charge >= 0.3 is 0 Å². The zero-order valence-electron chi connectivity index (χ0n) is 9.69. The normalized spacial score (nSPS) is 16.4. The maximum absolute atomic E-state index is 5.32. The second kappa shape index (κ2) is 5.12. The molecular weight excluding hydrogens is 202 g/mol. The molecule has 16 heavy (non-hydrogen) atoms. The number of nitrogens with zero attached hydrogens (tertiary/aromatic N) is 3. The van der Waals surface area contributed by atoms with Crippen LogP contribution in [-0.2, 0) is 0 Å². The average molecular weight is 221 g/mol. The van der Waals surface area contributed by atoms with E-state index in [4.69, 9.17) is 5.84 Å². The number of nitrogens with one attached hydrogen (secondary N) is 1. The summed E-state index contributed by atoms with van der Waals surface area (Å²) in [6.07, 6.45) is 6.93.